The Balaban J connectivity index is 2.46. The first-order chi connectivity index (χ1) is 7.94. The van der Waals surface area contributed by atoms with E-state index in [1.807, 2.05) is 6.92 Å². The van der Waals surface area contributed by atoms with E-state index >= 15 is 0 Å². The summed E-state index contributed by atoms with van der Waals surface area (Å²) in [5.41, 5.74) is 0.205. The van der Waals surface area contributed by atoms with Crippen molar-refractivity contribution in [3.8, 4) is 6.07 Å². The van der Waals surface area contributed by atoms with Crippen LogP contribution in [0.5, 0.6) is 0 Å². The minimum Gasteiger partial charge on any atom is -0.393 e. The Labute approximate surface area is 105 Å². The van der Waals surface area contributed by atoms with E-state index in [9.17, 15) is 5.11 Å². The van der Waals surface area contributed by atoms with Crippen molar-refractivity contribution < 1.29 is 5.11 Å². The zero-order valence-electron chi connectivity index (χ0n) is 11.4. The zero-order valence-corrected chi connectivity index (χ0v) is 11.4. The Kier molecular flexibility index (Phi) is 5.42. The molecule has 98 valence electrons. The maximum atomic E-state index is 9.50. The highest BCUT2D eigenvalue weighted by molar-refractivity contribution is 4.86. The van der Waals surface area contributed by atoms with Crippen LogP contribution in [0.3, 0.4) is 0 Å². The van der Waals surface area contributed by atoms with Gasteiger partial charge in [-0.1, -0.05) is 13.8 Å². The lowest BCUT2D eigenvalue weighted by atomic mass is 9.87. The second-order valence-corrected chi connectivity index (χ2v) is 6.17. The third kappa shape index (κ3) is 5.06. The molecule has 1 heterocycles. The van der Waals surface area contributed by atoms with Gasteiger partial charge in [0, 0.05) is 19.0 Å². The van der Waals surface area contributed by atoms with E-state index in [4.69, 9.17) is 5.26 Å². The van der Waals surface area contributed by atoms with Gasteiger partial charge in [0.25, 0.3) is 0 Å². The molecule has 3 heteroatoms. The lowest BCUT2D eigenvalue weighted by molar-refractivity contribution is 0.106. The van der Waals surface area contributed by atoms with Crippen LogP contribution in [0.1, 0.15) is 52.9 Å². The maximum absolute atomic E-state index is 9.50. The van der Waals surface area contributed by atoms with Gasteiger partial charge in [-0.15, -0.1) is 0 Å². The van der Waals surface area contributed by atoms with Crippen molar-refractivity contribution in [2.45, 2.75) is 65.0 Å². The number of nitriles is 1. The minimum absolute atomic E-state index is 0.205. The van der Waals surface area contributed by atoms with Crippen LogP contribution in [0.25, 0.3) is 0 Å². The van der Waals surface area contributed by atoms with Crippen LogP contribution >= 0.6 is 0 Å². The summed E-state index contributed by atoms with van der Waals surface area (Å²) in [5.74, 6) is 0. The van der Waals surface area contributed by atoms with Crippen LogP contribution in [-0.4, -0.2) is 35.2 Å². The van der Waals surface area contributed by atoms with E-state index < -0.39 is 0 Å². The van der Waals surface area contributed by atoms with Crippen molar-refractivity contribution in [2.24, 2.45) is 5.41 Å². The molecule has 2 atom stereocenters. The van der Waals surface area contributed by atoms with Crippen LogP contribution in [0.2, 0.25) is 0 Å². The highest BCUT2D eigenvalue weighted by atomic mass is 16.3. The third-order valence-electron chi connectivity index (χ3n) is 3.66. The van der Waals surface area contributed by atoms with E-state index in [1.165, 1.54) is 12.8 Å². The molecule has 0 radical (unpaired) electrons. The van der Waals surface area contributed by atoms with E-state index in [0.29, 0.717) is 12.5 Å². The number of hydrogen-bond acceptors (Lipinski definition) is 3. The summed E-state index contributed by atoms with van der Waals surface area (Å²) in [7, 11) is 0. The van der Waals surface area contributed by atoms with Gasteiger partial charge < -0.3 is 5.11 Å². The Hall–Kier alpha value is -0.590. The fourth-order valence-corrected chi connectivity index (χ4v) is 2.79. The highest BCUT2D eigenvalue weighted by Gasteiger charge is 2.30. The number of aliphatic hydroxyl groups is 1. The van der Waals surface area contributed by atoms with Gasteiger partial charge in [-0.2, -0.15) is 5.26 Å². The van der Waals surface area contributed by atoms with Gasteiger partial charge in [-0.25, -0.2) is 0 Å². The molecule has 0 saturated carbocycles. The molecule has 0 aromatic heterocycles. The topological polar surface area (TPSA) is 47.3 Å². The van der Waals surface area contributed by atoms with E-state index in [-0.39, 0.29) is 11.5 Å². The third-order valence-corrected chi connectivity index (χ3v) is 3.66. The van der Waals surface area contributed by atoms with Crippen molar-refractivity contribution in [1.29, 1.82) is 5.26 Å². The first-order valence-electron chi connectivity index (χ1n) is 6.74. The fourth-order valence-electron chi connectivity index (χ4n) is 2.79. The van der Waals surface area contributed by atoms with Gasteiger partial charge in [0.05, 0.1) is 12.2 Å². The number of hydrogen-bond donors (Lipinski definition) is 1. The van der Waals surface area contributed by atoms with Crippen molar-refractivity contribution in [3.63, 3.8) is 0 Å². The average Bonchev–Trinajstić information content (AvgIpc) is 2.61. The first kappa shape index (κ1) is 14.5. The molecular weight excluding hydrogens is 212 g/mol. The molecule has 1 saturated heterocycles. The largest absolute Gasteiger partial charge is 0.393 e. The Morgan fingerprint density at radius 3 is 2.82 bits per heavy atom. The SMILES string of the molecule is CC(O)CC1CCCN1CC(C)(C)CCC#N. The molecule has 0 bridgehead atoms. The number of rotatable bonds is 6. The molecular formula is C14H26N2O. The van der Waals surface area contributed by atoms with Gasteiger partial charge in [-0.05, 0) is 44.6 Å². The van der Waals surface area contributed by atoms with Crippen molar-refractivity contribution in [2.75, 3.05) is 13.1 Å². The summed E-state index contributed by atoms with van der Waals surface area (Å²) >= 11 is 0. The van der Waals surface area contributed by atoms with Crippen LogP contribution in [0.4, 0.5) is 0 Å². The summed E-state index contributed by atoms with van der Waals surface area (Å²) in [6.07, 6.45) is 4.73. The predicted octanol–water partition coefficient (Wildman–Crippen LogP) is 2.55. The molecule has 0 aromatic rings. The summed E-state index contributed by atoms with van der Waals surface area (Å²) in [5, 5.41) is 18.2. The Morgan fingerprint density at radius 1 is 1.53 bits per heavy atom. The molecule has 1 aliphatic heterocycles. The molecule has 3 nitrogen and oxygen atoms in total. The summed E-state index contributed by atoms with van der Waals surface area (Å²) in [6.45, 7) is 8.54. The molecule has 2 unspecified atom stereocenters. The summed E-state index contributed by atoms with van der Waals surface area (Å²) in [4.78, 5) is 2.50. The molecule has 0 amide bonds. The molecule has 1 rings (SSSR count). The van der Waals surface area contributed by atoms with Crippen LogP contribution in [0.15, 0.2) is 0 Å². The fraction of sp³-hybridized carbons (Fsp3) is 0.929. The normalized spacial score (nSPS) is 23.6. The van der Waals surface area contributed by atoms with Crippen molar-refractivity contribution >= 4 is 0 Å². The first-order valence-corrected chi connectivity index (χ1v) is 6.74. The van der Waals surface area contributed by atoms with Gasteiger partial charge in [-0.3, -0.25) is 4.90 Å². The van der Waals surface area contributed by atoms with Gasteiger partial charge in [0.2, 0.25) is 0 Å². The molecule has 0 spiro atoms. The van der Waals surface area contributed by atoms with E-state index in [2.05, 4.69) is 24.8 Å². The standard InChI is InChI=1S/C14H26N2O/c1-12(17)10-13-6-4-9-16(13)11-14(2,3)7-5-8-15/h12-13,17H,4-7,9-11H2,1-3H3. The summed E-state index contributed by atoms with van der Waals surface area (Å²) in [6, 6.07) is 2.77. The number of nitrogens with zero attached hydrogens (tertiary/aromatic N) is 2. The maximum Gasteiger partial charge on any atom is 0.0621 e. The van der Waals surface area contributed by atoms with Gasteiger partial charge >= 0.3 is 0 Å². The molecule has 0 aromatic carbocycles. The van der Waals surface area contributed by atoms with Gasteiger partial charge in [0.1, 0.15) is 0 Å². The zero-order chi connectivity index (χ0) is 12.9. The summed E-state index contributed by atoms with van der Waals surface area (Å²) < 4.78 is 0. The molecule has 1 N–H and O–H groups in total. The molecule has 1 fully saturated rings. The van der Waals surface area contributed by atoms with E-state index in [0.717, 1.165) is 25.9 Å². The van der Waals surface area contributed by atoms with Crippen LogP contribution < -0.4 is 0 Å². The smallest absolute Gasteiger partial charge is 0.0621 e. The minimum atomic E-state index is -0.206. The second kappa shape index (κ2) is 6.37. The highest BCUT2D eigenvalue weighted by Crippen LogP contribution is 2.29. The lowest BCUT2D eigenvalue weighted by Crippen LogP contribution is -2.39. The second-order valence-electron chi connectivity index (χ2n) is 6.17. The lowest BCUT2D eigenvalue weighted by Gasteiger charge is -2.34. The molecule has 1 aliphatic rings. The van der Waals surface area contributed by atoms with Crippen LogP contribution in [0, 0.1) is 16.7 Å². The Morgan fingerprint density at radius 2 is 2.24 bits per heavy atom. The van der Waals surface area contributed by atoms with Crippen molar-refractivity contribution in [1.82, 2.24) is 4.90 Å². The molecule has 0 aliphatic carbocycles. The Bertz CT molecular complexity index is 268. The number of likely N-dealkylation sites (tertiary alicyclic amines) is 1. The number of aliphatic hydroxyl groups excluding tert-OH is 1. The predicted molar refractivity (Wildman–Crippen MR) is 69.5 cm³/mol. The quantitative estimate of drug-likeness (QED) is 0.773. The average molecular weight is 238 g/mol. The molecule has 17 heavy (non-hydrogen) atoms. The van der Waals surface area contributed by atoms with Crippen LogP contribution in [-0.2, 0) is 0 Å². The van der Waals surface area contributed by atoms with Gasteiger partial charge in [0.15, 0.2) is 0 Å². The van der Waals surface area contributed by atoms with E-state index in [1.54, 1.807) is 0 Å². The van der Waals surface area contributed by atoms with Crippen molar-refractivity contribution in [3.05, 3.63) is 0 Å². The monoisotopic (exact) mass is 238 g/mol.